The van der Waals surface area contributed by atoms with Crippen molar-refractivity contribution in [3.63, 3.8) is 0 Å². The first-order valence-corrected chi connectivity index (χ1v) is 11.2. The molecule has 1 atom stereocenters. The van der Waals surface area contributed by atoms with Gasteiger partial charge in [0.1, 0.15) is 5.60 Å². The lowest BCUT2D eigenvalue weighted by molar-refractivity contribution is 0.0163. The predicted molar refractivity (Wildman–Crippen MR) is 116 cm³/mol. The van der Waals surface area contributed by atoms with Crippen LogP contribution in [0.25, 0.3) is 0 Å². The van der Waals surface area contributed by atoms with E-state index in [2.05, 4.69) is 22.5 Å². The van der Waals surface area contributed by atoms with Crippen LogP contribution in [0.5, 0.6) is 0 Å². The first-order chi connectivity index (χ1) is 13.9. The van der Waals surface area contributed by atoms with E-state index in [-0.39, 0.29) is 6.09 Å². The van der Waals surface area contributed by atoms with Gasteiger partial charge in [0.05, 0.1) is 13.2 Å². The molecule has 1 unspecified atom stereocenters. The molecule has 2 aliphatic heterocycles. The van der Waals surface area contributed by atoms with Gasteiger partial charge in [-0.3, -0.25) is 9.89 Å². The Labute approximate surface area is 176 Å². The molecule has 0 aromatic carbocycles. The lowest BCUT2D eigenvalue weighted by Gasteiger charge is -2.34. The van der Waals surface area contributed by atoms with Crippen LogP contribution >= 0.6 is 0 Å². The van der Waals surface area contributed by atoms with E-state index in [0.717, 1.165) is 90.8 Å². The second-order valence-electron chi connectivity index (χ2n) is 8.86. The number of ether oxygens (including phenoxy) is 2. The fourth-order valence-electron chi connectivity index (χ4n) is 3.65. The molecule has 168 valence electrons. The van der Waals surface area contributed by atoms with Crippen molar-refractivity contribution in [1.82, 2.24) is 20.4 Å². The molecule has 2 rings (SSSR count). The molecule has 2 N–H and O–H groups in total. The molecule has 0 aliphatic carbocycles. The summed E-state index contributed by atoms with van der Waals surface area (Å²) in [6.07, 6.45) is 2.98. The summed E-state index contributed by atoms with van der Waals surface area (Å²) in [6.45, 7) is 16.5. The van der Waals surface area contributed by atoms with E-state index in [4.69, 9.17) is 14.5 Å². The number of carbonyl (C=O) groups is 1. The SMILES string of the molecule is CCNC(=NCCC1CCCN(C(=O)OC(C)(C)C)C1)NCCN1CCOCC1. The van der Waals surface area contributed by atoms with Crippen molar-refractivity contribution >= 4 is 12.1 Å². The second-order valence-corrected chi connectivity index (χ2v) is 8.86. The van der Waals surface area contributed by atoms with Gasteiger partial charge < -0.3 is 25.0 Å². The average molecular weight is 412 g/mol. The Morgan fingerprint density at radius 2 is 1.97 bits per heavy atom. The molecule has 2 fully saturated rings. The monoisotopic (exact) mass is 411 g/mol. The van der Waals surface area contributed by atoms with Gasteiger partial charge in [0.15, 0.2) is 5.96 Å². The topological polar surface area (TPSA) is 78.4 Å². The number of guanidine groups is 1. The minimum Gasteiger partial charge on any atom is -0.444 e. The fraction of sp³-hybridized carbons (Fsp3) is 0.905. The Balaban J connectivity index is 1.72. The highest BCUT2D eigenvalue weighted by Gasteiger charge is 2.27. The van der Waals surface area contributed by atoms with Crippen LogP contribution < -0.4 is 10.6 Å². The van der Waals surface area contributed by atoms with E-state index >= 15 is 0 Å². The number of aliphatic imine (C=N–C) groups is 1. The van der Waals surface area contributed by atoms with Gasteiger partial charge in [-0.2, -0.15) is 0 Å². The van der Waals surface area contributed by atoms with Gasteiger partial charge in [0.25, 0.3) is 0 Å². The number of hydrogen-bond acceptors (Lipinski definition) is 5. The molecule has 2 heterocycles. The summed E-state index contributed by atoms with van der Waals surface area (Å²) < 4.78 is 10.9. The van der Waals surface area contributed by atoms with Crippen molar-refractivity contribution in [3.8, 4) is 0 Å². The molecule has 0 aromatic rings. The lowest BCUT2D eigenvalue weighted by atomic mass is 9.95. The molecule has 1 amide bonds. The number of amides is 1. The van der Waals surface area contributed by atoms with Crippen LogP contribution in [0.3, 0.4) is 0 Å². The third-order valence-electron chi connectivity index (χ3n) is 5.15. The first kappa shape index (κ1) is 23.7. The summed E-state index contributed by atoms with van der Waals surface area (Å²) in [7, 11) is 0. The van der Waals surface area contributed by atoms with Crippen LogP contribution in [0.4, 0.5) is 4.79 Å². The van der Waals surface area contributed by atoms with Crippen LogP contribution in [0.2, 0.25) is 0 Å². The smallest absolute Gasteiger partial charge is 0.410 e. The Kier molecular flexibility index (Phi) is 10.0. The number of rotatable bonds is 7. The zero-order valence-corrected chi connectivity index (χ0v) is 18.8. The third kappa shape index (κ3) is 9.67. The molecule has 0 radical (unpaired) electrons. The van der Waals surface area contributed by atoms with E-state index < -0.39 is 5.60 Å². The minimum atomic E-state index is -0.443. The molecule has 8 nitrogen and oxygen atoms in total. The standard InChI is InChI=1S/C21H41N5O3/c1-5-22-19(24-10-12-25-13-15-28-16-14-25)23-9-8-18-7-6-11-26(17-18)20(27)29-21(2,3)4/h18H,5-17H2,1-4H3,(H2,22,23,24). The van der Waals surface area contributed by atoms with Gasteiger partial charge >= 0.3 is 6.09 Å². The number of nitrogens with one attached hydrogen (secondary N) is 2. The van der Waals surface area contributed by atoms with Crippen LogP contribution in [0.1, 0.15) is 47.0 Å². The molecule has 29 heavy (non-hydrogen) atoms. The number of nitrogens with zero attached hydrogens (tertiary/aromatic N) is 3. The van der Waals surface area contributed by atoms with E-state index in [0.29, 0.717) is 5.92 Å². The quantitative estimate of drug-likeness (QED) is 0.492. The lowest BCUT2D eigenvalue weighted by Crippen LogP contribution is -2.44. The van der Waals surface area contributed by atoms with Crippen molar-refractivity contribution in [3.05, 3.63) is 0 Å². The summed E-state index contributed by atoms with van der Waals surface area (Å²) >= 11 is 0. The molecular weight excluding hydrogens is 370 g/mol. The van der Waals surface area contributed by atoms with Gasteiger partial charge in [0, 0.05) is 52.4 Å². The maximum absolute atomic E-state index is 12.3. The average Bonchev–Trinajstić information content (AvgIpc) is 2.68. The molecule has 0 aromatic heterocycles. The summed E-state index contributed by atoms with van der Waals surface area (Å²) in [6, 6.07) is 0. The van der Waals surface area contributed by atoms with Crippen molar-refractivity contribution in [2.24, 2.45) is 10.9 Å². The number of hydrogen-bond donors (Lipinski definition) is 2. The van der Waals surface area contributed by atoms with Gasteiger partial charge in [-0.25, -0.2) is 4.79 Å². The maximum atomic E-state index is 12.3. The summed E-state index contributed by atoms with van der Waals surface area (Å²) in [5.41, 5.74) is -0.443. The van der Waals surface area contributed by atoms with Gasteiger partial charge in [-0.05, 0) is 52.9 Å². The highest BCUT2D eigenvalue weighted by molar-refractivity contribution is 5.79. The Hall–Kier alpha value is -1.54. The number of morpholine rings is 1. The second kappa shape index (κ2) is 12.2. The first-order valence-electron chi connectivity index (χ1n) is 11.2. The molecule has 2 aliphatic rings. The van der Waals surface area contributed by atoms with Crippen molar-refractivity contribution in [1.29, 1.82) is 0 Å². The summed E-state index contributed by atoms with van der Waals surface area (Å²) in [5, 5.41) is 6.75. The van der Waals surface area contributed by atoms with Crippen LogP contribution in [0, 0.1) is 5.92 Å². The van der Waals surface area contributed by atoms with Gasteiger partial charge in [0.2, 0.25) is 0 Å². The van der Waals surface area contributed by atoms with E-state index in [9.17, 15) is 4.79 Å². The fourth-order valence-corrected chi connectivity index (χ4v) is 3.65. The maximum Gasteiger partial charge on any atom is 0.410 e. The summed E-state index contributed by atoms with van der Waals surface area (Å²) in [4.78, 5) is 21.3. The van der Waals surface area contributed by atoms with Crippen molar-refractivity contribution in [2.45, 2.75) is 52.6 Å². The Morgan fingerprint density at radius 1 is 1.21 bits per heavy atom. The summed E-state index contributed by atoms with van der Waals surface area (Å²) in [5.74, 6) is 1.36. The largest absolute Gasteiger partial charge is 0.444 e. The normalized spacial score (nSPS) is 21.7. The highest BCUT2D eigenvalue weighted by atomic mass is 16.6. The third-order valence-corrected chi connectivity index (χ3v) is 5.15. The number of likely N-dealkylation sites (tertiary alicyclic amines) is 1. The van der Waals surface area contributed by atoms with Crippen molar-refractivity contribution < 1.29 is 14.3 Å². The Bertz CT molecular complexity index is 515. The molecule has 0 saturated carbocycles. The Morgan fingerprint density at radius 3 is 2.66 bits per heavy atom. The number of carbonyl (C=O) groups excluding carboxylic acids is 1. The predicted octanol–water partition coefficient (Wildman–Crippen LogP) is 1.91. The highest BCUT2D eigenvalue weighted by Crippen LogP contribution is 2.21. The number of piperidine rings is 1. The zero-order chi connectivity index (χ0) is 21.1. The van der Waals surface area contributed by atoms with E-state index in [1.807, 2.05) is 25.7 Å². The van der Waals surface area contributed by atoms with Crippen LogP contribution in [0.15, 0.2) is 4.99 Å². The van der Waals surface area contributed by atoms with Crippen molar-refractivity contribution in [2.75, 3.05) is 65.6 Å². The molecule has 0 spiro atoms. The molecule has 0 bridgehead atoms. The van der Waals surface area contributed by atoms with Gasteiger partial charge in [-0.1, -0.05) is 0 Å². The van der Waals surface area contributed by atoms with Crippen LogP contribution in [-0.2, 0) is 9.47 Å². The van der Waals surface area contributed by atoms with E-state index in [1.54, 1.807) is 0 Å². The zero-order valence-electron chi connectivity index (χ0n) is 18.8. The van der Waals surface area contributed by atoms with Gasteiger partial charge in [-0.15, -0.1) is 0 Å². The van der Waals surface area contributed by atoms with Crippen LogP contribution in [-0.4, -0.2) is 93.0 Å². The minimum absolute atomic E-state index is 0.191. The molecule has 2 saturated heterocycles. The molecule has 8 heteroatoms. The molecular formula is C21H41N5O3. The van der Waals surface area contributed by atoms with E-state index in [1.165, 1.54) is 0 Å².